The van der Waals surface area contributed by atoms with Gasteiger partial charge in [-0.2, -0.15) is 0 Å². The number of aromatic nitrogens is 2. The van der Waals surface area contributed by atoms with Gasteiger partial charge in [0, 0.05) is 16.2 Å². The first-order chi connectivity index (χ1) is 8.66. The van der Waals surface area contributed by atoms with E-state index in [4.69, 9.17) is 23.2 Å². The van der Waals surface area contributed by atoms with Crippen LogP contribution in [0.2, 0.25) is 10.0 Å². The Bertz CT molecular complexity index is 737. The van der Waals surface area contributed by atoms with Crippen LogP contribution in [-0.4, -0.2) is 9.38 Å². The predicted molar refractivity (Wildman–Crippen MR) is 78.3 cm³/mol. The summed E-state index contributed by atoms with van der Waals surface area (Å²) >= 11 is 15.5. The molecule has 0 spiro atoms. The SMILES string of the molecule is Clc1ccc(-c2ncc3c(Br)cccn23)cc1Cl. The second-order valence-corrected chi connectivity index (χ2v) is 5.49. The fourth-order valence-electron chi connectivity index (χ4n) is 1.84. The Labute approximate surface area is 122 Å². The quantitative estimate of drug-likeness (QED) is 0.604. The molecule has 0 atom stereocenters. The summed E-state index contributed by atoms with van der Waals surface area (Å²) in [5.74, 6) is 0.838. The molecule has 0 bridgehead atoms. The van der Waals surface area contributed by atoms with Crippen molar-refractivity contribution in [3.63, 3.8) is 0 Å². The molecule has 0 amide bonds. The molecule has 0 radical (unpaired) electrons. The third-order valence-corrected chi connectivity index (χ3v) is 4.11. The second-order valence-electron chi connectivity index (χ2n) is 3.82. The van der Waals surface area contributed by atoms with Crippen molar-refractivity contribution < 1.29 is 0 Å². The van der Waals surface area contributed by atoms with Crippen molar-refractivity contribution >= 4 is 44.6 Å². The maximum Gasteiger partial charge on any atom is 0.144 e. The molecule has 0 aliphatic heterocycles. The minimum atomic E-state index is 0.529. The molecule has 90 valence electrons. The van der Waals surface area contributed by atoms with Crippen molar-refractivity contribution in [2.75, 3.05) is 0 Å². The Morgan fingerprint density at radius 1 is 1.11 bits per heavy atom. The van der Waals surface area contributed by atoms with Gasteiger partial charge in [0.25, 0.3) is 0 Å². The highest BCUT2D eigenvalue weighted by molar-refractivity contribution is 9.10. The van der Waals surface area contributed by atoms with Crippen molar-refractivity contribution in [1.29, 1.82) is 0 Å². The lowest BCUT2D eigenvalue weighted by Crippen LogP contribution is -1.89. The maximum absolute atomic E-state index is 6.03. The first-order valence-corrected chi connectivity index (χ1v) is 6.79. The van der Waals surface area contributed by atoms with Crippen molar-refractivity contribution in [2.24, 2.45) is 0 Å². The summed E-state index contributed by atoms with van der Waals surface area (Å²) < 4.78 is 3.01. The number of hydrogen-bond donors (Lipinski definition) is 0. The third-order valence-electron chi connectivity index (χ3n) is 2.70. The number of fused-ring (bicyclic) bond motifs is 1. The molecule has 0 saturated heterocycles. The van der Waals surface area contributed by atoms with E-state index in [9.17, 15) is 0 Å². The van der Waals surface area contributed by atoms with Crippen LogP contribution in [0, 0.1) is 0 Å². The molecule has 0 unspecified atom stereocenters. The van der Waals surface area contributed by atoms with Crippen LogP contribution in [0.3, 0.4) is 0 Å². The average molecular weight is 342 g/mol. The van der Waals surface area contributed by atoms with Crippen molar-refractivity contribution in [3.8, 4) is 11.4 Å². The van der Waals surface area contributed by atoms with Crippen LogP contribution in [0.5, 0.6) is 0 Å². The second kappa shape index (κ2) is 4.57. The Kier molecular flexibility index (Phi) is 3.06. The molecule has 3 aromatic rings. The van der Waals surface area contributed by atoms with E-state index in [2.05, 4.69) is 20.9 Å². The number of nitrogens with zero attached hydrogens (tertiary/aromatic N) is 2. The molecule has 0 saturated carbocycles. The van der Waals surface area contributed by atoms with Gasteiger partial charge in [-0.05, 0) is 46.3 Å². The Hall–Kier alpha value is -1.03. The molecule has 2 heterocycles. The van der Waals surface area contributed by atoms with Gasteiger partial charge in [0.15, 0.2) is 0 Å². The summed E-state index contributed by atoms with van der Waals surface area (Å²) in [7, 11) is 0. The molecule has 0 fully saturated rings. The summed E-state index contributed by atoms with van der Waals surface area (Å²) in [5, 5.41) is 1.07. The molecule has 5 heteroatoms. The van der Waals surface area contributed by atoms with E-state index >= 15 is 0 Å². The topological polar surface area (TPSA) is 17.3 Å². The van der Waals surface area contributed by atoms with Crippen LogP contribution in [0.15, 0.2) is 47.2 Å². The number of benzene rings is 1. The number of halogens is 3. The highest BCUT2D eigenvalue weighted by Crippen LogP contribution is 2.29. The average Bonchev–Trinajstić information content (AvgIpc) is 2.78. The third kappa shape index (κ3) is 1.92. The van der Waals surface area contributed by atoms with Crippen LogP contribution in [0.25, 0.3) is 16.9 Å². The highest BCUT2D eigenvalue weighted by atomic mass is 79.9. The maximum atomic E-state index is 6.03. The van der Waals surface area contributed by atoms with Crippen LogP contribution in [0.4, 0.5) is 0 Å². The number of hydrogen-bond acceptors (Lipinski definition) is 1. The van der Waals surface area contributed by atoms with Gasteiger partial charge in [0.05, 0.1) is 21.8 Å². The lowest BCUT2D eigenvalue weighted by Gasteiger charge is -2.03. The molecule has 2 aromatic heterocycles. The molecular weight excluding hydrogens is 335 g/mol. The van der Waals surface area contributed by atoms with Gasteiger partial charge >= 0.3 is 0 Å². The van der Waals surface area contributed by atoms with Crippen molar-refractivity contribution in [2.45, 2.75) is 0 Å². The van der Waals surface area contributed by atoms with Gasteiger partial charge in [0.1, 0.15) is 5.82 Å². The van der Waals surface area contributed by atoms with Gasteiger partial charge < -0.3 is 0 Å². The Morgan fingerprint density at radius 2 is 1.94 bits per heavy atom. The molecule has 0 aliphatic rings. The smallest absolute Gasteiger partial charge is 0.144 e. The first-order valence-electron chi connectivity index (χ1n) is 5.24. The van der Waals surface area contributed by atoms with E-state index in [0.29, 0.717) is 10.0 Å². The first kappa shape index (κ1) is 12.0. The summed E-state index contributed by atoms with van der Waals surface area (Å²) in [5.41, 5.74) is 1.95. The van der Waals surface area contributed by atoms with E-state index < -0.39 is 0 Å². The predicted octanol–water partition coefficient (Wildman–Crippen LogP) is 5.07. The Balaban J connectivity index is 2.25. The van der Waals surface area contributed by atoms with Gasteiger partial charge in [-0.15, -0.1) is 0 Å². The van der Waals surface area contributed by atoms with Gasteiger partial charge in [-0.1, -0.05) is 23.2 Å². The van der Waals surface area contributed by atoms with Crippen molar-refractivity contribution in [1.82, 2.24) is 9.38 Å². The molecular formula is C13H7BrCl2N2. The van der Waals surface area contributed by atoms with Crippen LogP contribution >= 0.6 is 39.1 Å². The molecule has 0 aliphatic carbocycles. The minimum Gasteiger partial charge on any atom is -0.299 e. The van der Waals surface area contributed by atoms with E-state index in [-0.39, 0.29) is 0 Å². The summed E-state index contributed by atoms with van der Waals surface area (Å²) in [6.07, 6.45) is 3.78. The summed E-state index contributed by atoms with van der Waals surface area (Å²) in [6.45, 7) is 0. The molecule has 18 heavy (non-hydrogen) atoms. The lowest BCUT2D eigenvalue weighted by atomic mass is 10.2. The zero-order valence-corrected chi connectivity index (χ0v) is 12.2. The van der Waals surface area contributed by atoms with E-state index in [1.807, 2.05) is 41.1 Å². The fourth-order valence-corrected chi connectivity index (χ4v) is 2.58. The fraction of sp³-hybridized carbons (Fsp3) is 0. The summed E-state index contributed by atoms with van der Waals surface area (Å²) in [4.78, 5) is 4.43. The molecule has 1 aromatic carbocycles. The minimum absolute atomic E-state index is 0.529. The molecule has 0 N–H and O–H groups in total. The zero-order chi connectivity index (χ0) is 12.7. The van der Waals surface area contributed by atoms with Crippen LogP contribution in [-0.2, 0) is 0 Å². The normalized spacial score (nSPS) is 11.1. The lowest BCUT2D eigenvalue weighted by molar-refractivity contribution is 1.16. The van der Waals surface area contributed by atoms with E-state index in [0.717, 1.165) is 21.4 Å². The largest absolute Gasteiger partial charge is 0.299 e. The van der Waals surface area contributed by atoms with Gasteiger partial charge in [0.2, 0.25) is 0 Å². The number of imidazole rings is 1. The number of pyridine rings is 1. The van der Waals surface area contributed by atoms with Crippen LogP contribution < -0.4 is 0 Å². The summed E-state index contributed by atoms with van der Waals surface area (Å²) in [6, 6.07) is 9.44. The molecule has 2 nitrogen and oxygen atoms in total. The van der Waals surface area contributed by atoms with Crippen LogP contribution in [0.1, 0.15) is 0 Å². The van der Waals surface area contributed by atoms with Crippen molar-refractivity contribution in [3.05, 3.63) is 57.2 Å². The van der Waals surface area contributed by atoms with E-state index in [1.54, 1.807) is 6.07 Å². The van der Waals surface area contributed by atoms with E-state index in [1.165, 1.54) is 0 Å². The number of rotatable bonds is 1. The van der Waals surface area contributed by atoms with Gasteiger partial charge in [-0.25, -0.2) is 4.98 Å². The standard InChI is InChI=1S/C13H7BrCl2N2/c14-9-2-1-5-18-12(9)7-17-13(18)8-3-4-10(15)11(16)6-8/h1-7H. The zero-order valence-electron chi connectivity index (χ0n) is 9.07. The monoisotopic (exact) mass is 340 g/mol. The van der Waals surface area contributed by atoms with Gasteiger partial charge in [-0.3, -0.25) is 4.40 Å². The molecule has 3 rings (SSSR count). The Morgan fingerprint density at radius 3 is 2.72 bits per heavy atom. The highest BCUT2D eigenvalue weighted by Gasteiger charge is 2.09.